The van der Waals surface area contributed by atoms with Gasteiger partial charge in [0, 0.05) is 18.8 Å². The normalized spacial score (nSPS) is 10.9. The van der Waals surface area contributed by atoms with Gasteiger partial charge >= 0.3 is 0 Å². The first-order chi connectivity index (χ1) is 16.1. The molecule has 3 rings (SSSR count). The summed E-state index contributed by atoms with van der Waals surface area (Å²) in [6.07, 6.45) is 1.59. The highest BCUT2D eigenvalue weighted by atomic mass is 16.2. The van der Waals surface area contributed by atoms with Crippen LogP contribution in [-0.4, -0.2) is 37.7 Å². The van der Waals surface area contributed by atoms with Crippen LogP contribution in [0.3, 0.4) is 0 Å². The van der Waals surface area contributed by atoms with Crippen molar-refractivity contribution in [1.29, 1.82) is 0 Å². The molecule has 0 bridgehead atoms. The third kappa shape index (κ3) is 6.77. The molecule has 6 heteroatoms. The Morgan fingerprint density at radius 2 is 1.39 bits per heavy atom. The van der Waals surface area contributed by atoms with Crippen molar-refractivity contribution in [2.24, 2.45) is 5.10 Å². The summed E-state index contributed by atoms with van der Waals surface area (Å²) in [5.74, 6) is -1.12. The predicted octanol–water partition coefficient (Wildman–Crippen LogP) is 3.93. The lowest BCUT2D eigenvalue weighted by atomic mass is 9.90. The van der Waals surface area contributed by atoms with E-state index in [4.69, 9.17) is 0 Å². The van der Waals surface area contributed by atoms with E-state index in [1.807, 2.05) is 84.9 Å². The average molecular weight is 443 g/mol. The highest BCUT2D eigenvalue weighted by Crippen LogP contribution is 2.24. The number of nitrogens with zero attached hydrogens (tertiary/aromatic N) is 2. The van der Waals surface area contributed by atoms with Crippen molar-refractivity contribution in [2.45, 2.75) is 19.8 Å². The Hall–Kier alpha value is -3.93. The number of benzene rings is 3. The topological polar surface area (TPSA) is 73.8 Å². The molecule has 0 fully saturated rings. The van der Waals surface area contributed by atoms with Crippen LogP contribution in [0.2, 0.25) is 0 Å². The van der Waals surface area contributed by atoms with E-state index in [-0.39, 0.29) is 18.4 Å². The number of hydrogen-bond acceptors (Lipinski definition) is 4. The van der Waals surface area contributed by atoms with Gasteiger partial charge in [-0.3, -0.25) is 9.59 Å². The third-order valence-electron chi connectivity index (χ3n) is 5.38. The van der Waals surface area contributed by atoms with E-state index in [0.29, 0.717) is 0 Å². The molecular formula is C27H30N4O2. The van der Waals surface area contributed by atoms with Crippen molar-refractivity contribution in [3.63, 3.8) is 0 Å². The van der Waals surface area contributed by atoms with Crippen LogP contribution >= 0.6 is 0 Å². The van der Waals surface area contributed by atoms with Crippen LogP contribution < -0.4 is 15.6 Å². The molecule has 0 saturated carbocycles. The Labute approximate surface area is 195 Å². The Morgan fingerprint density at radius 1 is 0.848 bits per heavy atom. The fraction of sp³-hybridized carbons (Fsp3) is 0.222. The molecule has 3 aromatic rings. The molecule has 0 aliphatic rings. The van der Waals surface area contributed by atoms with Crippen molar-refractivity contribution in [3.8, 4) is 0 Å². The number of carbonyl (C=O) groups is 2. The highest BCUT2D eigenvalue weighted by molar-refractivity contribution is 5.91. The number of amides is 2. The maximum atomic E-state index is 12.9. The largest absolute Gasteiger partial charge is 0.372 e. The number of nitrogens with one attached hydrogen (secondary N) is 2. The van der Waals surface area contributed by atoms with E-state index < -0.39 is 5.92 Å². The summed E-state index contributed by atoms with van der Waals surface area (Å²) in [5, 5.41) is 6.74. The number of anilines is 1. The van der Waals surface area contributed by atoms with Gasteiger partial charge in [0.1, 0.15) is 0 Å². The van der Waals surface area contributed by atoms with Gasteiger partial charge < -0.3 is 10.2 Å². The van der Waals surface area contributed by atoms with Crippen LogP contribution in [0.1, 0.15) is 36.5 Å². The lowest BCUT2D eigenvalue weighted by molar-refractivity contribution is -0.126. The van der Waals surface area contributed by atoms with Crippen LogP contribution in [-0.2, 0) is 9.59 Å². The standard InChI is InChI=1S/C27H30N4O2/c1-3-31(4-2)24-17-15-21(16-18-24)19-29-30-25(32)20-28-27(33)26(22-11-7-5-8-12-22)23-13-9-6-10-14-23/h5-19,26H,3-4,20H2,1-2H3,(H,28,33)(H,30,32). The molecule has 3 aromatic carbocycles. The number of rotatable bonds is 10. The summed E-state index contributed by atoms with van der Waals surface area (Å²) in [7, 11) is 0. The van der Waals surface area contributed by atoms with E-state index >= 15 is 0 Å². The van der Waals surface area contributed by atoms with Gasteiger partial charge in [-0.15, -0.1) is 0 Å². The molecule has 0 atom stereocenters. The second-order valence-corrected chi connectivity index (χ2v) is 7.53. The van der Waals surface area contributed by atoms with Gasteiger partial charge in [-0.2, -0.15) is 5.10 Å². The highest BCUT2D eigenvalue weighted by Gasteiger charge is 2.22. The Kier molecular flexibility index (Phi) is 8.77. The van der Waals surface area contributed by atoms with Crippen LogP contribution in [0.15, 0.2) is 90.0 Å². The molecule has 0 aromatic heterocycles. The van der Waals surface area contributed by atoms with E-state index in [9.17, 15) is 9.59 Å². The molecule has 33 heavy (non-hydrogen) atoms. The van der Waals surface area contributed by atoms with E-state index in [1.54, 1.807) is 6.21 Å². The second kappa shape index (κ2) is 12.2. The maximum absolute atomic E-state index is 12.9. The molecule has 0 radical (unpaired) electrons. The van der Waals surface area contributed by atoms with Gasteiger partial charge in [0.2, 0.25) is 5.91 Å². The summed E-state index contributed by atoms with van der Waals surface area (Å²) in [6.45, 7) is 5.97. The summed E-state index contributed by atoms with van der Waals surface area (Å²) >= 11 is 0. The number of hydrazone groups is 1. The number of hydrogen-bond donors (Lipinski definition) is 2. The first kappa shape index (κ1) is 23.7. The van der Waals surface area contributed by atoms with Crippen LogP contribution in [0.5, 0.6) is 0 Å². The fourth-order valence-electron chi connectivity index (χ4n) is 3.63. The average Bonchev–Trinajstić information content (AvgIpc) is 2.86. The van der Waals surface area contributed by atoms with Gasteiger partial charge in [-0.25, -0.2) is 5.43 Å². The zero-order chi connectivity index (χ0) is 23.5. The lowest BCUT2D eigenvalue weighted by Crippen LogP contribution is -2.37. The minimum Gasteiger partial charge on any atom is -0.372 e. The fourth-order valence-corrected chi connectivity index (χ4v) is 3.63. The molecule has 0 heterocycles. The molecule has 0 spiro atoms. The van der Waals surface area contributed by atoms with Crippen LogP contribution in [0.4, 0.5) is 5.69 Å². The smallest absolute Gasteiger partial charge is 0.259 e. The SMILES string of the molecule is CCN(CC)c1ccc(C=NNC(=O)CNC(=O)C(c2ccccc2)c2ccccc2)cc1. The van der Waals surface area contributed by atoms with Crippen molar-refractivity contribution in [2.75, 3.05) is 24.5 Å². The quantitative estimate of drug-likeness (QED) is 0.369. The van der Waals surface area contributed by atoms with Crippen molar-refractivity contribution in [3.05, 3.63) is 102 Å². The number of carbonyl (C=O) groups excluding carboxylic acids is 2. The van der Waals surface area contributed by atoms with Crippen LogP contribution in [0.25, 0.3) is 0 Å². The molecule has 6 nitrogen and oxygen atoms in total. The zero-order valence-corrected chi connectivity index (χ0v) is 19.1. The summed E-state index contributed by atoms with van der Waals surface area (Å²) in [4.78, 5) is 27.4. The Bertz CT molecular complexity index is 1010. The molecule has 0 unspecified atom stereocenters. The first-order valence-electron chi connectivity index (χ1n) is 11.2. The Balaban J connectivity index is 1.55. The van der Waals surface area contributed by atoms with Gasteiger partial charge in [0.15, 0.2) is 0 Å². The molecule has 2 amide bonds. The maximum Gasteiger partial charge on any atom is 0.259 e. The van der Waals surface area contributed by atoms with Crippen LogP contribution in [0, 0.1) is 0 Å². The molecule has 170 valence electrons. The monoisotopic (exact) mass is 442 g/mol. The van der Waals surface area contributed by atoms with Gasteiger partial charge in [-0.05, 0) is 42.7 Å². The zero-order valence-electron chi connectivity index (χ0n) is 19.1. The summed E-state index contributed by atoms with van der Waals surface area (Å²) < 4.78 is 0. The molecule has 2 N–H and O–H groups in total. The van der Waals surface area contributed by atoms with E-state index in [1.165, 1.54) is 0 Å². The lowest BCUT2D eigenvalue weighted by Gasteiger charge is -2.20. The van der Waals surface area contributed by atoms with Crippen molar-refractivity contribution < 1.29 is 9.59 Å². The van der Waals surface area contributed by atoms with Gasteiger partial charge in [-0.1, -0.05) is 72.8 Å². The predicted molar refractivity (Wildman–Crippen MR) is 133 cm³/mol. The van der Waals surface area contributed by atoms with E-state index in [2.05, 4.69) is 34.6 Å². The first-order valence-corrected chi connectivity index (χ1v) is 11.2. The van der Waals surface area contributed by atoms with Gasteiger partial charge in [0.25, 0.3) is 5.91 Å². The minimum absolute atomic E-state index is 0.159. The molecule has 0 aliphatic carbocycles. The Morgan fingerprint density at radius 3 is 1.91 bits per heavy atom. The minimum atomic E-state index is -0.493. The summed E-state index contributed by atoms with van der Waals surface area (Å²) in [6, 6.07) is 27.0. The summed E-state index contributed by atoms with van der Waals surface area (Å²) in [5.41, 5.74) is 6.23. The van der Waals surface area contributed by atoms with Gasteiger partial charge in [0.05, 0.1) is 18.7 Å². The molecule has 0 saturated heterocycles. The van der Waals surface area contributed by atoms with Crippen molar-refractivity contribution in [1.82, 2.24) is 10.7 Å². The van der Waals surface area contributed by atoms with Crippen molar-refractivity contribution >= 4 is 23.7 Å². The second-order valence-electron chi connectivity index (χ2n) is 7.53. The molecular weight excluding hydrogens is 412 g/mol. The third-order valence-corrected chi connectivity index (χ3v) is 5.38. The van der Waals surface area contributed by atoms with E-state index in [0.717, 1.165) is 35.5 Å². The molecule has 0 aliphatic heterocycles.